The molecule has 0 aromatic carbocycles. The predicted octanol–water partition coefficient (Wildman–Crippen LogP) is 6.53. The van der Waals surface area contributed by atoms with E-state index in [0.29, 0.717) is 31.6 Å². The summed E-state index contributed by atoms with van der Waals surface area (Å²) in [6.45, 7) is 6.56. The van der Waals surface area contributed by atoms with Gasteiger partial charge in [-0.25, -0.2) is 0 Å². The van der Waals surface area contributed by atoms with Crippen LogP contribution in [0, 0.1) is 23.2 Å². The third kappa shape index (κ3) is 7.83. The standard InChI is InChI=1S/C23H42O4/c1-4-5-6-7-8-9-10-13-20-17-19(21(24)25)14-16-23(20,22(26)27)15-11-12-18(2)3/h18-20H,4-17H2,1-3H3,(H,24,25)(H,26,27). The molecule has 0 bridgehead atoms. The summed E-state index contributed by atoms with van der Waals surface area (Å²) >= 11 is 0. The monoisotopic (exact) mass is 382 g/mol. The van der Waals surface area contributed by atoms with E-state index in [1.807, 2.05) is 0 Å². The molecule has 3 atom stereocenters. The van der Waals surface area contributed by atoms with Crippen molar-refractivity contribution >= 4 is 11.9 Å². The van der Waals surface area contributed by atoms with Crippen molar-refractivity contribution in [2.45, 2.75) is 111 Å². The molecular formula is C23H42O4. The van der Waals surface area contributed by atoms with Crippen molar-refractivity contribution in [2.24, 2.45) is 23.2 Å². The van der Waals surface area contributed by atoms with Crippen molar-refractivity contribution in [3.05, 3.63) is 0 Å². The molecule has 0 aromatic heterocycles. The molecule has 0 saturated heterocycles. The van der Waals surface area contributed by atoms with Gasteiger partial charge in [0.15, 0.2) is 0 Å². The van der Waals surface area contributed by atoms with E-state index in [-0.39, 0.29) is 11.8 Å². The van der Waals surface area contributed by atoms with E-state index in [0.717, 1.165) is 32.1 Å². The quantitative estimate of drug-likeness (QED) is 0.335. The van der Waals surface area contributed by atoms with Crippen LogP contribution in [0.3, 0.4) is 0 Å². The molecule has 0 heterocycles. The first-order valence-corrected chi connectivity index (χ1v) is 11.3. The second-order valence-corrected chi connectivity index (χ2v) is 9.16. The Morgan fingerprint density at radius 1 is 1.00 bits per heavy atom. The van der Waals surface area contributed by atoms with Crippen molar-refractivity contribution in [1.29, 1.82) is 0 Å². The van der Waals surface area contributed by atoms with Crippen molar-refractivity contribution < 1.29 is 19.8 Å². The van der Waals surface area contributed by atoms with Gasteiger partial charge in [-0.15, -0.1) is 0 Å². The largest absolute Gasteiger partial charge is 0.481 e. The molecule has 1 fully saturated rings. The summed E-state index contributed by atoms with van der Waals surface area (Å²) in [6, 6.07) is 0. The molecule has 27 heavy (non-hydrogen) atoms. The zero-order chi connectivity index (χ0) is 20.3. The Balaban J connectivity index is 2.68. The summed E-state index contributed by atoms with van der Waals surface area (Å²) in [5, 5.41) is 19.6. The second kappa shape index (κ2) is 12.4. The molecule has 0 aliphatic heterocycles. The van der Waals surface area contributed by atoms with Crippen molar-refractivity contribution in [2.75, 3.05) is 0 Å². The highest BCUT2D eigenvalue weighted by Crippen LogP contribution is 2.49. The summed E-state index contributed by atoms with van der Waals surface area (Å²) < 4.78 is 0. The first-order chi connectivity index (χ1) is 12.8. The predicted molar refractivity (Wildman–Crippen MR) is 110 cm³/mol. The van der Waals surface area contributed by atoms with Crippen LogP contribution >= 0.6 is 0 Å². The minimum atomic E-state index is -0.749. The van der Waals surface area contributed by atoms with Crippen LogP contribution in [0.2, 0.25) is 0 Å². The molecule has 0 spiro atoms. The lowest BCUT2D eigenvalue weighted by molar-refractivity contribution is -0.161. The van der Waals surface area contributed by atoms with E-state index in [2.05, 4.69) is 20.8 Å². The fourth-order valence-electron chi connectivity index (χ4n) is 4.83. The van der Waals surface area contributed by atoms with Gasteiger partial charge < -0.3 is 10.2 Å². The van der Waals surface area contributed by atoms with E-state index in [9.17, 15) is 19.8 Å². The average Bonchev–Trinajstić information content (AvgIpc) is 2.61. The highest BCUT2D eigenvalue weighted by Gasteiger charge is 2.49. The van der Waals surface area contributed by atoms with Crippen LogP contribution in [-0.4, -0.2) is 22.2 Å². The van der Waals surface area contributed by atoms with Crippen LogP contribution in [0.5, 0.6) is 0 Å². The molecule has 0 aromatic rings. The molecule has 0 amide bonds. The number of rotatable bonds is 14. The van der Waals surface area contributed by atoms with Gasteiger partial charge in [0.25, 0.3) is 0 Å². The van der Waals surface area contributed by atoms with Gasteiger partial charge >= 0.3 is 11.9 Å². The fourth-order valence-corrected chi connectivity index (χ4v) is 4.83. The van der Waals surface area contributed by atoms with E-state index in [1.165, 1.54) is 32.1 Å². The summed E-state index contributed by atoms with van der Waals surface area (Å²) in [6.07, 6.45) is 13.6. The SMILES string of the molecule is CCCCCCCCCC1CC(C(=O)O)CCC1(CCCC(C)C)C(=O)O. The minimum absolute atomic E-state index is 0.00709. The Kier molecular flexibility index (Phi) is 11.0. The maximum Gasteiger partial charge on any atom is 0.309 e. The maximum atomic E-state index is 12.3. The highest BCUT2D eigenvalue weighted by molar-refractivity contribution is 5.76. The van der Waals surface area contributed by atoms with E-state index in [1.54, 1.807) is 0 Å². The summed E-state index contributed by atoms with van der Waals surface area (Å²) in [5.41, 5.74) is -0.705. The first-order valence-electron chi connectivity index (χ1n) is 11.3. The number of hydrogen-bond acceptors (Lipinski definition) is 2. The van der Waals surface area contributed by atoms with Crippen LogP contribution in [-0.2, 0) is 9.59 Å². The molecule has 4 heteroatoms. The zero-order valence-electron chi connectivity index (χ0n) is 17.8. The van der Waals surface area contributed by atoms with Crippen LogP contribution in [0.4, 0.5) is 0 Å². The van der Waals surface area contributed by atoms with Crippen LogP contribution < -0.4 is 0 Å². The molecule has 0 radical (unpaired) electrons. The molecule has 1 aliphatic rings. The zero-order valence-corrected chi connectivity index (χ0v) is 17.8. The van der Waals surface area contributed by atoms with E-state index >= 15 is 0 Å². The lowest BCUT2D eigenvalue weighted by Gasteiger charge is -2.43. The Bertz CT molecular complexity index is 446. The van der Waals surface area contributed by atoms with Gasteiger partial charge in [-0.3, -0.25) is 9.59 Å². The van der Waals surface area contributed by atoms with Crippen molar-refractivity contribution in [1.82, 2.24) is 0 Å². The number of unbranched alkanes of at least 4 members (excludes halogenated alkanes) is 6. The third-order valence-corrected chi connectivity index (χ3v) is 6.63. The number of hydrogen-bond donors (Lipinski definition) is 2. The molecule has 3 unspecified atom stereocenters. The van der Waals surface area contributed by atoms with Gasteiger partial charge in [-0.2, -0.15) is 0 Å². The number of aliphatic carboxylic acids is 2. The van der Waals surface area contributed by atoms with Gasteiger partial charge in [-0.1, -0.05) is 78.6 Å². The van der Waals surface area contributed by atoms with E-state index < -0.39 is 17.4 Å². The smallest absolute Gasteiger partial charge is 0.309 e. The van der Waals surface area contributed by atoms with E-state index in [4.69, 9.17) is 0 Å². The lowest BCUT2D eigenvalue weighted by Crippen LogP contribution is -2.44. The Hall–Kier alpha value is -1.06. The average molecular weight is 383 g/mol. The van der Waals surface area contributed by atoms with Gasteiger partial charge in [-0.05, 0) is 43.9 Å². The van der Waals surface area contributed by atoms with Crippen LogP contribution in [0.1, 0.15) is 111 Å². The first kappa shape index (κ1) is 24.0. The highest BCUT2D eigenvalue weighted by atomic mass is 16.4. The number of carboxylic acids is 2. The van der Waals surface area contributed by atoms with Crippen LogP contribution in [0.15, 0.2) is 0 Å². The Morgan fingerprint density at radius 3 is 2.19 bits per heavy atom. The molecular weight excluding hydrogens is 340 g/mol. The Labute approximate surface area is 166 Å². The topological polar surface area (TPSA) is 74.6 Å². The number of carboxylic acid groups (broad SMARTS) is 2. The summed E-state index contributed by atoms with van der Waals surface area (Å²) in [7, 11) is 0. The third-order valence-electron chi connectivity index (χ3n) is 6.63. The molecule has 158 valence electrons. The molecule has 1 saturated carbocycles. The Morgan fingerprint density at radius 2 is 1.63 bits per heavy atom. The number of carbonyl (C=O) groups is 2. The maximum absolute atomic E-state index is 12.3. The molecule has 1 rings (SSSR count). The van der Waals surface area contributed by atoms with Gasteiger partial charge in [0, 0.05) is 0 Å². The van der Waals surface area contributed by atoms with Gasteiger partial charge in [0.2, 0.25) is 0 Å². The van der Waals surface area contributed by atoms with Gasteiger partial charge in [0.05, 0.1) is 11.3 Å². The fraction of sp³-hybridized carbons (Fsp3) is 0.913. The second-order valence-electron chi connectivity index (χ2n) is 9.16. The normalized spacial score (nSPS) is 25.6. The molecule has 4 nitrogen and oxygen atoms in total. The van der Waals surface area contributed by atoms with Gasteiger partial charge in [0.1, 0.15) is 0 Å². The summed E-state index contributed by atoms with van der Waals surface area (Å²) in [5.74, 6) is -1.22. The molecule has 1 aliphatic carbocycles. The molecule has 2 N–H and O–H groups in total. The van der Waals surface area contributed by atoms with Crippen molar-refractivity contribution in [3.63, 3.8) is 0 Å². The lowest BCUT2D eigenvalue weighted by atomic mass is 9.59. The van der Waals surface area contributed by atoms with Crippen LogP contribution in [0.25, 0.3) is 0 Å². The summed E-state index contributed by atoms with van der Waals surface area (Å²) in [4.78, 5) is 23.8. The van der Waals surface area contributed by atoms with Crippen molar-refractivity contribution in [3.8, 4) is 0 Å². The minimum Gasteiger partial charge on any atom is -0.481 e.